The quantitative estimate of drug-likeness (QED) is 0.468. The molecule has 30 heavy (non-hydrogen) atoms. The number of nitrogens with one attached hydrogen (secondary N) is 2. The van der Waals surface area contributed by atoms with Crippen LogP contribution in [0, 0.1) is 13.8 Å². The first-order chi connectivity index (χ1) is 14.6. The number of anilines is 1. The second-order valence-electron chi connectivity index (χ2n) is 7.07. The fraction of sp³-hybridized carbons (Fsp3) is 0.273. The average Bonchev–Trinajstić information content (AvgIpc) is 3.32. The number of fused-ring (bicyclic) bond motifs is 1. The van der Waals surface area contributed by atoms with Gasteiger partial charge in [-0.2, -0.15) is 5.10 Å². The van der Waals surface area contributed by atoms with Crippen molar-refractivity contribution in [3.05, 3.63) is 71.6 Å². The summed E-state index contributed by atoms with van der Waals surface area (Å²) in [6, 6.07) is 12.0. The minimum atomic E-state index is -0.154. The van der Waals surface area contributed by atoms with Crippen molar-refractivity contribution in [3.8, 4) is 0 Å². The molecule has 0 spiro atoms. The highest BCUT2D eigenvalue weighted by molar-refractivity contribution is 5.95. The van der Waals surface area contributed by atoms with Crippen LogP contribution in [0.25, 0.3) is 11.0 Å². The molecule has 0 saturated heterocycles. The van der Waals surface area contributed by atoms with Gasteiger partial charge < -0.3 is 15.1 Å². The van der Waals surface area contributed by atoms with Gasteiger partial charge in [0, 0.05) is 13.1 Å². The smallest absolute Gasteiger partial charge is 0.254 e. The summed E-state index contributed by atoms with van der Waals surface area (Å²) in [6.07, 6.45) is 4.19. The maximum absolute atomic E-state index is 12.3. The molecule has 0 atom stereocenters. The molecular weight excluding hydrogens is 380 g/mol. The van der Waals surface area contributed by atoms with Gasteiger partial charge in [0.05, 0.1) is 23.7 Å². The molecule has 8 nitrogen and oxygen atoms in total. The third-order valence-electron chi connectivity index (χ3n) is 4.88. The Labute approximate surface area is 174 Å². The predicted octanol–water partition coefficient (Wildman–Crippen LogP) is 3.12. The summed E-state index contributed by atoms with van der Waals surface area (Å²) in [7, 11) is 0. The van der Waals surface area contributed by atoms with Crippen molar-refractivity contribution in [3.63, 3.8) is 0 Å². The molecule has 0 bridgehead atoms. The monoisotopic (exact) mass is 404 g/mol. The number of rotatable bonds is 8. The van der Waals surface area contributed by atoms with E-state index in [0.717, 1.165) is 35.6 Å². The lowest BCUT2D eigenvalue weighted by Crippen LogP contribution is -2.27. The van der Waals surface area contributed by atoms with Crippen molar-refractivity contribution in [1.29, 1.82) is 0 Å². The Morgan fingerprint density at radius 1 is 1.13 bits per heavy atom. The Bertz CT molecular complexity index is 1150. The summed E-state index contributed by atoms with van der Waals surface area (Å²) >= 11 is 0. The van der Waals surface area contributed by atoms with E-state index in [0.29, 0.717) is 24.4 Å². The van der Waals surface area contributed by atoms with Gasteiger partial charge in [-0.05, 0) is 31.9 Å². The molecular formula is C22H24N6O2. The van der Waals surface area contributed by atoms with Gasteiger partial charge in [0.2, 0.25) is 0 Å². The Kier molecular flexibility index (Phi) is 5.74. The van der Waals surface area contributed by atoms with E-state index in [4.69, 9.17) is 4.42 Å². The number of furan rings is 1. The minimum Gasteiger partial charge on any atom is -0.466 e. The molecule has 0 aliphatic heterocycles. The maximum atomic E-state index is 12.3. The molecule has 0 fully saturated rings. The van der Waals surface area contributed by atoms with E-state index in [1.54, 1.807) is 23.9 Å². The van der Waals surface area contributed by atoms with Gasteiger partial charge in [0.25, 0.3) is 5.91 Å². The van der Waals surface area contributed by atoms with Crippen molar-refractivity contribution >= 4 is 22.8 Å². The minimum absolute atomic E-state index is 0.154. The lowest BCUT2D eigenvalue weighted by Gasteiger charge is -2.08. The summed E-state index contributed by atoms with van der Waals surface area (Å²) in [5, 5.41) is 11.6. The topological polar surface area (TPSA) is 97.9 Å². The van der Waals surface area contributed by atoms with Gasteiger partial charge in [-0.25, -0.2) is 14.6 Å². The van der Waals surface area contributed by atoms with E-state index in [2.05, 4.69) is 37.8 Å². The lowest BCUT2D eigenvalue weighted by molar-refractivity contribution is 0.0950. The first kappa shape index (κ1) is 19.6. The second-order valence-corrected chi connectivity index (χ2v) is 7.07. The van der Waals surface area contributed by atoms with Crippen LogP contribution in [0.5, 0.6) is 0 Å². The zero-order chi connectivity index (χ0) is 20.9. The van der Waals surface area contributed by atoms with Gasteiger partial charge in [-0.15, -0.1) is 0 Å². The second kappa shape index (κ2) is 8.77. The number of amides is 1. The summed E-state index contributed by atoms with van der Waals surface area (Å²) in [5.41, 5.74) is 2.56. The Balaban J connectivity index is 1.36. The Morgan fingerprint density at radius 3 is 2.73 bits per heavy atom. The maximum Gasteiger partial charge on any atom is 0.254 e. The summed E-state index contributed by atoms with van der Waals surface area (Å²) in [4.78, 5) is 21.0. The van der Waals surface area contributed by atoms with Crippen molar-refractivity contribution in [2.75, 3.05) is 18.4 Å². The zero-order valence-electron chi connectivity index (χ0n) is 17.1. The average molecular weight is 404 g/mol. The van der Waals surface area contributed by atoms with Gasteiger partial charge in [-0.1, -0.05) is 30.3 Å². The van der Waals surface area contributed by atoms with E-state index in [9.17, 15) is 4.79 Å². The molecule has 154 valence electrons. The van der Waals surface area contributed by atoms with Crippen LogP contribution in [0.4, 0.5) is 5.82 Å². The van der Waals surface area contributed by atoms with Crippen LogP contribution < -0.4 is 10.6 Å². The van der Waals surface area contributed by atoms with Crippen molar-refractivity contribution in [2.45, 2.75) is 26.8 Å². The van der Waals surface area contributed by atoms with E-state index < -0.39 is 0 Å². The van der Waals surface area contributed by atoms with E-state index in [1.165, 1.54) is 11.9 Å². The standard InChI is InChI=1S/C22H24N6O2/c1-15-12-18(16(2)30-15)22(29)24-10-11-28-21-19(13-27-28)20(25-14-26-21)23-9-8-17-6-4-3-5-7-17/h3-7,12-14H,8-11H2,1-2H3,(H,24,29)(H,23,25,26). The Morgan fingerprint density at radius 2 is 1.97 bits per heavy atom. The summed E-state index contributed by atoms with van der Waals surface area (Å²) < 4.78 is 7.19. The molecule has 0 unspecified atom stereocenters. The number of hydrogen-bond donors (Lipinski definition) is 2. The van der Waals surface area contributed by atoms with E-state index >= 15 is 0 Å². The highest BCUT2D eigenvalue weighted by atomic mass is 16.3. The predicted molar refractivity (Wildman–Crippen MR) is 114 cm³/mol. The van der Waals surface area contributed by atoms with Gasteiger partial charge in [0.1, 0.15) is 23.7 Å². The first-order valence-electron chi connectivity index (χ1n) is 9.91. The Hall–Kier alpha value is -3.68. The number of carbonyl (C=O) groups excluding carboxylic acids is 1. The molecule has 2 N–H and O–H groups in total. The molecule has 0 aliphatic rings. The number of hydrogen-bond acceptors (Lipinski definition) is 6. The number of nitrogens with zero attached hydrogens (tertiary/aromatic N) is 4. The van der Waals surface area contributed by atoms with Crippen LogP contribution in [0.3, 0.4) is 0 Å². The SMILES string of the molecule is Cc1cc(C(=O)NCCn2ncc3c(NCCc4ccccc4)ncnc32)c(C)o1. The number of aryl methyl sites for hydroxylation is 2. The molecule has 3 heterocycles. The number of carbonyl (C=O) groups is 1. The highest BCUT2D eigenvalue weighted by Crippen LogP contribution is 2.18. The van der Waals surface area contributed by atoms with Gasteiger partial charge in [-0.3, -0.25) is 4.79 Å². The third-order valence-corrected chi connectivity index (χ3v) is 4.88. The fourth-order valence-electron chi connectivity index (χ4n) is 3.39. The molecule has 3 aromatic heterocycles. The molecule has 4 aromatic rings. The van der Waals surface area contributed by atoms with Crippen LogP contribution in [0.15, 0.2) is 53.3 Å². The number of benzene rings is 1. The largest absolute Gasteiger partial charge is 0.466 e. The van der Waals surface area contributed by atoms with Crippen LogP contribution in [-0.4, -0.2) is 38.7 Å². The summed E-state index contributed by atoms with van der Waals surface area (Å²) in [5.74, 6) is 1.95. The summed E-state index contributed by atoms with van der Waals surface area (Å²) in [6.45, 7) is 5.31. The van der Waals surface area contributed by atoms with Crippen LogP contribution >= 0.6 is 0 Å². The molecule has 0 saturated carbocycles. The van der Waals surface area contributed by atoms with Crippen molar-refractivity contribution in [2.24, 2.45) is 0 Å². The van der Waals surface area contributed by atoms with Crippen LogP contribution in [0.2, 0.25) is 0 Å². The third kappa shape index (κ3) is 4.32. The molecule has 0 aliphatic carbocycles. The van der Waals surface area contributed by atoms with Gasteiger partial charge >= 0.3 is 0 Å². The van der Waals surface area contributed by atoms with Crippen molar-refractivity contribution in [1.82, 2.24) is 25.1 Å². The fourth-order valence-corrected chi connectivity index (χ4v) is 3.39. The van der Waals surface area contributed by atoms with Gasteiger partial charge in [0.15, 0.2) is 5.65 Å². The lowest BCUT2D eigenvalue weighted by atomic mass is 10.1. The van der Waals surface area contributed by atoms with E-state index in [-0.39, 0.29) is 5.91 Å². The molecule has 4 rings (SSSR count). The molecule has 8 heteroatoms. The van der Waals surface area contributed by atoms with E-state index in [1.807, 2.05) is 25.1 Å². The normalized spacial score (nSPS) is 11.0. The molecule has 0 radical (unpaired) electrons. The molecule has 1 amide bonds. The number of aromatic nitrogens is 4. The van der Waals surface area contributed by atoms with Crippen LogP contribution in [0.1, 0.15) is 27.4 Å². The first-order valence-corrected chi connectivity index (χ1v) is 9.91. The zero-order valence-corrected chi connectivity index (χ0v) is 17.1. The van der Waals surface area contributed by atoms with Crippen molar-refractivity contribution < 1.29 is 9.21 Å². The van der Waals surface area contributed by atoms with Crippen LogP contribution in [-0.2, 0) is 13.0 Å². The molecule has 1 aromatic carbocycles. The highest BCUT2D eigenvalue weighted by Gasteiger charge is 2.14.